The fourth-order valence-electron chi connectivity index (χ4n) is 1.89. The number of aryl methyl sites for hydroxylation is 2. The van der Waals surface area contributed by atoms with Gasteiger partial charge in [0.05, 0.1) is 12.5 Å². The van der Waals surface area contributed by atoms with Crippen LogP contribution >= 0.6 is 0 Å². The Hall–Kier alpha value is -1.35. The molecule has 17 heavy (non-hydrogen) atoms. The quantitative estimate of drug-likeness (QED) is 0.812. The van der Waals surface area contributed by atoms with E-state index in [-0.39, 0.29) is 12.5 Å². The van der Waals surface area contributed by atoms with E-state index < -0.39 is 5.41 Å². The Morgan fingerprint density at radius 2 is 2.06 bits per heavy atom. The predicted octanol–water partition coefficient (Wildman–Crippen LogP) is 1.98. The first-order chi connectivity index (χ1) is 7.92. The van der Waals surface area contributed by atoms with Crippen molar-refractivity contribution in [1.82, 2.24) is 0 Å². The zero-order valence-corrected chi connectivity index (χ0v) is 11.0. The van der Waals surface area contributed by atoms with Crippen LogP contribution in [-0.4, -0.2) is 19.6 Å². The van der Waals surface area contributed by atoms with E-state index in [0.29, 0.717) is 6.42 Å². The van der Waals surface area contributed by atoms with E-state index in [1.165, 1.54) is 18.2 Å². The van der Waals surface area contributed by atoms with Crippen LogP contribution in [0.4, 0.5) is 0 Å². The Kier molecular flexibility index (Phi) is 4.29. The summed E-state index contributed by atoms with van der Waals surface area (Å²) >= 11 is 0. The summed E-state index contributed by atoms with van der Waals surface area (Å²) in [5, 5.41) is 0. The summed E-state index contributed by atoms with van der Waals surface area (Å²) in [6, 6.07) is 6.24. The van der Waals surface area contributed by atoms with E-state index in [0.717, 1.165) is 5.56 Å². The maximum atomic E-state index is 11.8. The van der Waals surface area contributed by atoms with E-state index in [2.05, 4.69) is 18.2 Å². The Labute approximate surface area is 103 Å². The smallest absolute Gasteiger partial charge is 0.313 e. The van der Waals surface area contributed by atoms with E-state index in [4.69, 9.17) is 10.5 Å². The highest BCUT2D eigenvalue weighted by Gasteiger charge is 2.33. The van der Waals surface area contributed by atoms with Gasteiger partial charge in [0.15, 0.2) is 0 Å². The highest BCUT2D eigenvalue weighted by molar-refractivity contribution is 5.77. The van der Waals surface area contributed by atoms with Crippen LogP contribution in [0.3, 0.4) is 0 Å². The van der Waals surface area contributed by atoms with Crippen LogP contribution in [-0.2, 0) is 16.0 Å². The first-order valence-corrected chi connectivity index (χ1v) is 5.77. The molecule has 0 heterocycles. The molecule has 0 aliphatic heterocycles. The average Bonchev–Trinajstić information content (AvgIpc) is 2.32. The predicted molar refractivity (Wildman–Crippen MR) is 68.8 cm³/mol. The summed E-state index contributed by atoms with van der Waals surface area (Å²) in [6.45, 7) is 6.22. The summed E-state index contributed by atoms with van der Waals surface area (Å²) in [6.07, 6.45) is 0.615. The average molecular weight is 235 g/mol. The van der Waals surface area contributed by atoms with Gasteiger partial charge in [0.1, 0.15) is 0 Å². The van der Waals surface area contributed by atoms with Crippen molar-refractivity contribution in [3.05, 3.63) is 34.9 Å². The molecular weight excluding hydrogens is 214 g/mol. The molecule has 0 aromatic heterocycles. The highest BCUT2D eigenvalue weighted by Crippen LogP contribution is 2.25. The molecule has 1 aromatic rings. The second kappa shape index (κ2) is 5.32. The number of hydrogen-bond donors (Lipinski definition) is 1. The number of benzene rings is 1. The molecule has 0 fully saturated rings. The SMILES string of the molecule is COC(=O)C(C)(CN)Cc1cc(C)ccc1C. The lowest BCUT2D eigenvalue weighted by molar-refractivity contribution is -0.151. The largest absolute Gasteiger partial charge is 0.469 e. The summed E-state index contributed by atoms with van der Waals surface area (Å²) in [5.41, 5.74) is 8.60. The number of esters is 1. The Morgan fingerprint density at radius 3 is 2.59 bits per heavy atom. The lowest BCUT2D eigenvalue weighted by atomic mass is 9.82. The van der Waals surface area contributed by atoms with Crippen molar-refractivity contribution in [3.63, 3.8) is 0 Å². The van der Waals surface area contributed by atoms with Crippen molar-refractivity contribution in [1.29, 1.82) is 0 Å². The molecular formula is C14H21NO2. The Balaban J connectivity index is 3.02. The minimum Gasteiger partial charge on any atom is -0.469 e. The summed E-state index contributed by atoms with van der Waals surface area (Å²) in [5.74, 6) is -0.249. The number of carbonyl (C=O) groups excluding carboxylic acids is 1. The Morgan fingerprint density at radius 1 is 1.41 bits per heavy atom. The van der Waals surface area contributed by atoms with Crippen LogP contribution in [0.25, 0.3) is 0 Å². The van der Waals surface area contributed by atoms with Crippen molar-refractivity contribution >= 4 is 5.97 Å². The van der Waals surface area contributed by atoms with Gasteiger partial charge in [-0.15, -0.1) is 0 Å². The van der Waals surface area contributed by atoms with Gasteiger partial charge in [-0.25, -0.2) is 0 Å². The first kappa shape index (κ1) is 13.7. The monoisotopic (exact) mass is 235 g/mol. The zero-order chi connectivity index (χ0) is 13.1. The molecule has 3 nitrogen and oxygen atoms in total. The number of methoxy groups -OCH3 is 1. The lowest BCUT2D eigenvalue weighted by Crippen LogP contribution is -2.38. The topological polar surface area (TPSA) is 52.3 Å². The lowest BCUT2D eigenvalue weighted by Gasteiger charge is -2.25. The van der Waals surface area contributed by atoms with Crippen molar-refractivity contribution in [3.8, 4) is 0 Å². The van der Waals surface area contributed by atoms with Crippen LogP contribution in [0.15, 0.2) is 18.2 Å². The molecule has 0 amide bonds. The molecule has 0 aliphatic carbocycles. The summed E-state index contributed by atoms with van der Waals surface area (Å²) in [7, 11) is 1.40. The van der Waals surface area contributed by atoms with Gasteiger partial charge in [0.2, 0.25) is 0 Å². The molecule has 0 saturated heterocycles. The zero-order valence-electron chi connectivity index (χ0n) is 11.0. The van der Waals surface area contributed by atoms with Gasteiger partial charge in [0.25, 0.3) is 0 Å². The molecule has 0 aliphatic rings. The molecule has 0 radical (unpaired) electrons. The number of ether oxygens (including phenoxy) is 1. The van der Waals surface area contributed by atoms with Gasteiger partial charge in [-0.2, -0.15) is 0 Å². The highest BCUT2D eigenvalue weighted by atomic mass is 16.5. The maximum absolute atomic E-state index is 11.8. The second-order valence-corrected chi connectivity index (χ2v) is 4.86. The molecule has 1 unspecified atom stereocenters. The van der Waals surface area contributed by atoms with Gasteiger partial charge in [-0.3, -0.25) is 4.79 Å². The Bertz CT molecular complexity index is 415. The third kappa shape index (κ3) is 3.07. The molecule has 0 spiro atoms. The van der Waals surface area contributed by atoms with Crippen LogP contribution in [0.2, 0.25) is 0 Å². The minimum absolute atomic E-state index is 0.249. The molecule has 1 rings (SSSR count). The summed E-state index contributed by atoms with van der Waals surface area (Å²) < 4.78 is 4.83. The number of hydrogen-bond acceptors (Lipinski definition) is 3. The van der Waals surface area contributed by atoms with Gasteiger partial charge in [-0.05, 0) is 38.3 Å². The number of nitrogens with two attached hydrogens (primary N) is 1. The fraction of sp³-hybridized carbons (Fsp3) is 0.500. The van der Waals surface area contributed by atoms with Crippen molar-refractivity contribution in [2.24, 2.45) is 11.1 Å². The van der Waals surface area contributed by atoms with Crippen LogP contribution in [0.1, 0.15) is 23.6 Å². The van der Waals surface area contributed by atoms with Crippen LogP contribution < -0.4 is 5.73 Å². The van der Waals surface area contributed by atoms with Crippen molar-refractivity contribution in [2.75, 3.05) is 13.7 Å². The minimum atomic E-state index is -0.646. The van der Waals surface area contributed by atoms with Gasteiger partial charge in [0, 0.05) is 6.54 Å². The molecule has 1 aromatic carbocycles. The van der Waals surface area contributed by atoms with E-state index in [1.807, 2.05) is 20.8 Å². The standard InChI is InChI=1S/C14H21NO2/c1-10-5-6-11(2)12(7-10)8-14(3,9-15)13(16)17-4/h5-7H,8-9,15H2,1-4H3. The normalized spacial score (nSPS) is 14.2. The van der Waals surface area contributed by atoms with Crippen molar-refractivity contribution < 1.29 is 9.53 Å². The van der Waals surface area contributed by atoms with Gasteiger partial charge < -0.3 is 10.5 Å². The van der Waals surface area contributed by atoms with Crippen LogP contribution in [0.5, 0.6) is 0 Å². The third-order valence-corrected chi connectivity index (χ3v) is 3.21. The fourth-order valence-corrected chi connectivity index (χ4v) is 1.89. The van der Waals surface area contributed by atoms with E-state index >= 15 is 0 Å². The third-order valence-electron chi connectivity index (χ3n) is 3.21. The maximum Gasteiger partial charge on any atom is 0.313 e. The number of carbonyl (C=O) groups is 1. The second-order valence-electron chi connectivity index (χ2n) is 4.86. The molecule has 3 heteroatoms. The van der Waals surface area contributed by atoms with E-state index in [9.17, 15) is 4.79 Å². The first-order valence-electron chi connectivity index (χ1n) is 5.77. The van der Waals surface area contributed by atoms with Crippen molar-refractivity contribution in [2.45, 2.75) is 27.2 Å². The summed E-state index contributed by atoms with van der Waals surface area (Å²) in [4.78, 5) is 11.8. The molecule has 2 N–H and O–H groups in total. The van der Waals surface area contributed by atoms with Gasteiger partial charge >= 0.3 is 5.97 Å². The molecule has 0 saturated carbocycles. The van der Waals surface area contributed by atoms with E-state index in [1.54, 1.807) is 0 Å². The molecule has 0 bridgehead atoms. The molecule has 94 valence electrons. The number of rotatable bonds is 4. The molecule has 1 atom stereocenters. The van der Waals surface area contributed by atoms with Gasteiger partial charge in [-0.1, -0.05) is 23.8 Å². The van der Waals surface area contributed by atoms with Crippen LogP contribution in [0, 0.1) is 19.3 Å².